The van der Waals surface area contributed by atoms with Crippen LogP contribution in [0.15, 0.2) is 11.0 Å². The minimum absolute atomic E-state index is 0.0233. The van der Waals surface area contributed by atoms with E-state index in [2.05, 4.69) is 41.5 Å². The third-order valence-corrected chi connectivity index (χ3v) is 2.60. The Bertz CT molecular complexity index is 606. The highest BCUT2D eigenvalue weighted by Gasteiger charge is 2.11. The van der Waals surface area contributed by atoms with E-state index < -0.39 is 0 Å². The van der Waals surface area contributed by atoms with Gasteiger partial charge in [-0.15, -0.1) is 5.10 Å². The number of hydrogen-bond donors (Lipinski definition) is 1. The van der Waals surface area contributed by atoms with Crippen molar-refractivity contribution in [1.29, 1.82) is 0 Å². The lowest BCUT2D eigenvalue weighted by molar-refractivity contribution is 0.397. The molecule has 0 amide bonds. The van der Waals surface area contributed by atoms with Crippen molar-refractivity contribution in [3.8, 4) is 0 Å². The molecule has 0 atom stereocenters. The van der Waals surface area contributed by atoms with Gasteiger partial charge >= 0.3 is 0 Å². The first kappa shape index (κ1) is 12.7. The molecule has 0 saturated heterocycles. The van der Waals surface area contributed by atoms with Gasteiger partial charge in [0.2, 0.25) is 0 Å². The molecule has 0 radical (unpaired) electrons. The van der Waals surface area contributed by atoms with E-state index in [9.17, 15) is 4.79 Å². The maximum atomic E-state index is 12.1. The van der Waals surface area contributed by atoms with Crippen molar-refractivity contribution in [2.24, 2.45) is 7.05 Å². The first-order valence-corrected chi connectivity index (χ1v) is 5.89. The van der Waals surface area contributed by atoms with Crippen molar-refractivity contribution in [2.75, 3.05) is 6.54 Å². The quantitative estimate of drug-likeness (QED) is 0.824. The molecular formula is C11H18N6O. The van der Waals surface area contributed by atoms with Crippen LogP contribution in [0.5, 0.6) is 0 Å². The van der Waals surface area contributed by atoms with Crippen molar-refractivity contribution in [3.63, 3.8) is 0 Å². The van der Waals surface area contributed by atoms with Gasteiger partial charge in [0.05, 0.1) is 12.7 Å². The Balaban J connectivity index is 2.20. The predicted molar refractivity (Wildman–Crippen MR) is 68.3 cm³/mol. The van der Waals surface area contributed by atoms with Gasteiger partial charge < -0.3 is 5.32 Å². The highest BCUT2D eigenvalue weighted by Crippen LogP contribution is 2.01. The molecule has 0 saturated carbocycles. The van der Waals surface area contributed by atoms with E-state index >= 15 is 0 Å². The molecule has 0 fully saturated rings. The summed E-state index contributed by atoms with van der Waals surface area (Å²) in [5.74, 6) is 0. The van der Waals surface area contributed by atoms with Crippen LogP contribution in [0, 0.1) is 0 Å². The van der Waals surface area contributed by atoms with Crippen LogP contribution in [-0.4, -0.2) is 36.9 Å². The predicted octanol–water partition coefficient (Wildman–Crippen LogP) is -0.0869. The van der Waals surface area contributed by atoms with Gasteiger partial charge in [-0.3, -0.25) is 4.79 Å². The van der Waals surface area contributed by atoms with Crippen molar-refractivity contribution in [2.45, 2.75) is 32.9 Å². The van der Waals surface area contributed by atoms with Gasteiger partial charge in [0.15, 0.2) is 5.65 Å². The van der Waals surface area contributed by atoms with E-state index in [1.54, 1.807) is 11.7 Å². The highest BCUT2D eigenvalue weighted by atomic mass is 16.1. The monoisotopic (exact) mass is 250 g/mol. The van der Waals surface area contributed by atoms with Crippen LogP contribution in [0.2, 0.25) is 0 Å². The molecule has 0 aliphatic heterocycles. The smallest absolute Gasteiger partial charge is 0.280 e. The SMILES string of the molecule is Cn1ncc2c(=O)n(CCNC(C)(C)C)nnc21. The van der Waals surface area contributed by atoms with Crippen molar-refractivity contribution in [3.05, 3.63) is 16.6 Å². The largest absolute Gasteiger partial charge is 0.310 e. The van der Waals surface area contributed by atoms with E-state index in [0.717, 1.165) is 0 Å². The summed E-state index contributed by atoms with van der Waals surface area (Å²) in [6, 6.07) is 0. The fourth-order valence-corrected chi connectivity index (χ4v) is 1.66. The number of fused-ring (bicyclic) bond motifs is 1. The van der Waals surface area contributed by atoms with E-state index in [1.165, 1.54) is 10.9 Å². The van der Waals surface area contributed by atoms with Gasteiger partial charge in [-0.05, 0) is 20.8 Å². The van der Waals surface area contributed by atoms with Crippen molar-refractivity contribution < 1.29 is 0 Å². The zero-order valence-electron chi connectivity index (χ0n) is 11.1. The molecule has 2 aromatic heterocycles. The van der Waals surface area contributed by atoms with Crippen LogP contribution in [0.4, 0.5) is 0 Å². The lowest BCUT2D eigenvalue weighted by atomic mass is 10.1. The average Bonchev–Trinajstić information content (AvgIpc) is 2.63. The molecule has 98 valence electrons. The molecule has 2 rings (SSSR count). The molecule has 18 heavy (non-hydrogen) atoms. The Labute approximate surface area is 105 Å². The molecule has 1 N–H and O–H groups in total. The summed E-state index contributed by atoms with van der Waals surface area (Å²) in [7, 11) is 1.74. The summed E-state index contributed by atoms with van der Waals surface area (Å²) in [5.41, 5.74) is 0.388. The summed E-state index contributed by atoms with van der Waals surface area (Å²) in [6.45, 7) is 7.39. The minimum atomic E-state index is -0.149. The summed E-state index contributed by atoms with van der Waals surface area (Å²) in [6.07, 6.45) is 1.53. The second kappa shape index (κ2) is 4.49. The molecule has 7 heteroatoms. The number of aryl methyl sites for hydroxylation is 1. The molecule has 0 aliphatic carbocycles. The number of hydrogen-bond acceptors (Lipinski definition) is 5. The fourth-order valence-electron chi connectivity index (χ4n) is 1.66. The number of rotatable bonds is 3. The van der Waals surface area contributed by atoms with Gasteiger partial charge in [-0.1, -0.05) is 5.21 Å². The first-order chi connectivity index (χ1) is 8.38. The second-order valence-electron chi connectivity index (χ2n) is 5.30. The number of nitrogens with one attached hydrogen (secondary N) is 1. The maximum Gasteiger partial charge on any atom is 0.280 e. The normalized spacial score (nSPS) is 12.2. The topological polar surface area (TPSA) is 77.6 Å². The molecule has 0 unspecified atom stereocenters. The lowest BCUT2D eigenvalue weighted by Gasteiger charge is -2.20. The first-order valence-electron chi connectivity index (χ1n) is 5.89. The van der Waals surface area contributed by atoms with Crippen molar-refractivity contribution in [1.82, 2.24) is 30.1 Å². The Morgan fingerprint density at radius 1 is 1.39 bits per heavy atom. The summed E-state index contributed by atoms with van der Waals surface area (Å²) in [5, 5.41) is 15.7. The molecule has 0 bridgehead atoms. The van der Waals surface area contributed by atoms with Crippen LogP contribution >= 0.6 is 0 Å². The summed E-state index contributed by atoms with van der Waals surface area (Å²) in [4.78, 5) is 12.1. The molecule has 0 aromatic carbocycles. The summed E-state index contributed by atoms with van der Waals surface area (Å²) < 4.78 is 2.91. The van der Waals surface area contributed by atoms with Gasteiger partial charge in [0.25, 0.3) is 5.56 Å². The third kappa shape index (κ3) is 2.56. The standard InChI is InChI=1S/C11H18N6O/c1-11(2,3)12-5-6-17-10(18)8-7-13-16(4)9(8)14-15-17/h7,12H,5-6H2,1-4H3. The molecule has 2 heterocycles. The Morgan fingerprint density at radius 3 is 2.78 bits per heavy atom. The second-order valence-corrected chi connectivity index (χ2v) is 5.30. The van der Waals surface area contributed by atoms with E-state index in [0.29, 0.717) is 24.1 Å². The fraction of sp³-hybridized carbons (Fsp3) is 0.636. The number of aromatic nitrogens is 5. The van der Waals surface area contributed by atoms with Crippen LogP contribution in [0.25, 0.3) is 11.0 Å². The molecule has 7 nitrogen and oxygen atoms in total. The molecule has 0 aliphatic rings. The average molecular weight is 250 g/mol. The minimum Gasteiger partial charge on any atom is -0.310 e. The zero-order valence-corrected chi connectivity index (χ0v) is 11.1. The van der Waals surface area contributed by atoms with Crippen molar-refractivity contribution >= 4 is 11.0 Å². The van der Waals surface area contributed by atoms with Crippen LogP contribution in [0.1, 0.15) is 20.8 Å². The zero-order chi connectivity index (χ0) is 13.3. The van der Waals surface area contributed by atoms with Gasteiger partial charge in [-0.2, -0.15) is 5.10 Å². The van der Waals surface area contributed by atoms with Crippen LogP contribution in [0.3, 0.4) is 0 Å². The Hall–Kier alpha value is -1.76. The van der Waals surface area contributed by atoms with Gasteiger partial charge in [0.1, 0.15) is 5.39 Å². The van der Waals surface area contributed by atoms with E-state index in [4.69, 9.17) is 0 Å². The van der Waals surface area contributed by atoms with Crippen LogP contribution < -0.4 is 10.9 Å². The molecule has 2 aromatic rings. The Morgan fingerprint density at radius 2 is 2.11 bits per heavy atom. The van der Waals surface area contributed by atoms with Gasteiger partial charge in [0, 0.05) is 19.1 Å². The third-order valence-electron chi connectivity index (χ3n) is 2.60. The van der Waals surface area contributed by atoms with Crippen LogP contribution in [-0.2, 0) is 13.6 Å². The molecule has 0 spiro atoms. The summed E-state index contributed by atoms with van der Waals surface area (Å²) >= 11 is 0. The maximum absolute atomic E-state index is 12.1. The molecular weight excluding hydrogens is 232 g/mol. The lowest BCUT2D eigenvalue weighted by Crippen LogP contribution is -2.39. The van der Waals surface area contributed by atoms with Gasteiger partial charge in [-0.25, -0.2) is 9.36 Å². The number of nitrogens with zero attached hydrogens (tertiary/aromatic N) is 5. The Kier molecular flexibility index (Phi) is 3.16. The van der Waals surface area contributed by atoms with E-state index in [1.807, 2.05) is 0 Å². The highest BCUT2D eigenvalue weighted by molar-refractivity contribution is 5.72. The van der Waals surface area contributed by atoms with E-state index in [-0.39, 0.29) is 11.1 Å².